The van der Waals surface area contributed by atoms with Gasteiger partial charge < -0.3 is 10.1 Å². The van der Waals surface area contributed by atoms with Crippen molar-refractivity contribution in [1.82, 2.24) is 0 Å². The van der Waals surface area contributed by atoms with Crippen LogP contribution in [0.4, 0.5) is 5.69 Å². The number of hydrogen-bond acceptors (Lipinski definition) is 2. The number of carbonyl (C=O) groups excluding carboxylic acids is 1. The highest BCUT2D eigenvalue weighted by molar-refractivity contribution is 6.34. The summed E-state index contributed by atoms with van der Waals surface area (Å²) in [6, 6.07) is 11.4. The van der Waals surface area contributed by atoms with Crippen LogP contribution in [0.25, 0.3) is 0 Å². The van der Waals surface area contributed by atoms with Crippen LogP contribution in [0.5, 0.6) is 5.75 Å². The van der Waals surface area contributed by atoms with Crippen molar-refractivity contribution >= 4 is 24.9 Å². The molecule has 2 aromatic rings. The fraction of sp³-hybridized carbons (Fsp3) is 0.188. The van der Waals surface area contributed by atoms with Gasteiger partial charge in [0, 0.05) is 11.3 Å². The van der Waals surface area contributed by atoms with E-state index in [9.17, 15) is 4.79 Å². The molecule has 0 radical (unpaired) electrons. The van der Waals surface area contributed by atoms with Gasteiger partial charge in [0.2, 0.25) is 0 Å². The summed E-state index contributed by atoms with van der Waals surface area (Å²) in [5, 5.41) is 2.92. The van der Waals surface area contributed by atoms with Gasteiger partial charge in [-0.15, -0.1) is 0 Å². The summed E-state index contributed by atoms with van der Waals surface area (Å²) < 4.78 is 5.20. The molecule has 0 saturated heterocycles. The van der Waals surface area contributed by atoms with Gasteiger partial charge in [-0.2, -0.15) is 0 Å². The molecule has 0 heterocycles. The number of ether oxygens (including phenoxy) is 1. The van der Waals surface area contributed by atoms with Gasteiger partial charge in [-0.1, -0.05) is 12.1 Å². The number of carbonyl (C=O) groups is 1. The first-order valence-corrected chi connectivity index (χ1v) is 6.54. The maximum Gasteiger partial charge on any atom is 0.255 e. The molecule has 0 bridgehead atoms. The van der Waals surface area contributed by atoms with Crippen LogP contribution in [0.1, 0.15) is 21.5 Å². The van der Waals surface area contributed by atoms with Gasteiger partial charge in [-0.05, 0) is 54.7 Å². The minimum absolute atomic E-state index is 0.110. The first-order chi connectivity index (χ1) is 9.49. The summed E-state index contributed by atoms with van der Waals surface area (Å²) in [5.74, 6) is 0.675. The quantitative estimate of drug-likeness (QED) is 0.861. The summed E-state index contributed by atoms with van der Waals surface area (Å²) in [5.41, 5.74) is 4.65. The molecule has 2 rings (SSSR count). The van der Waals surface area contributed by atoms with Gasteiger partial charge in [0.05, 0.1) is 7.11 Å². The second kappa shape index (κ2) is 5.82. The van der Waals surface area contributed by atoms with Crippen molar-refractivity contribution in [3.8, 4) is 5.75 Å². The van der Waals surface area contributed by atoms with E-state index in [0.29, 0.717) is 5.56 Å². The van der Waals surface area contributed by atoms with Crippen molar-refractivity contribution in [2.45, 2.75) is 13.8 Å². The highest BCUT2D eigenvalue weighted by atomic mass is 16.5. The van der Waals surface area contributed by atoms with Gasteiger partial charge >= 0.3 is 0 Å². The minimum atomic E-state index is -0.110. The third-order valence-corrected chi connectivity index (χ3v) is 3.14. The van der Waals surface area contributed by atoms with Crippen LogP contribution >= 0.6 is 0 Å². The van der Waals surface area contributed by atoms with Crippen LogP contribution < -0.4 is 15.5 Å². The maximum absolute atomic E-state index is 12.2. The molecule has 0 spiro atoms. The third kappa shape index (κ3) is 3.21. The average Bonchev–Trinajstić information content (AvgIpc) is 2.37. The zero-order valence-corrected chi connectivity index (χ0v) is 12.3. The maximum atomic E-state index is 12.2. The molecule has 20 heavy (non-hydrogen) atoms. The van der Waals surface area contributed by atoms with E-state index in [2.05, 4.69) is 11.4 Å². The second-order valence-corrected chi connectivity index (χ2v) is 5.01. The number of hydrogen-bond donors (Lipinski definition) is 1. The molecule has 0 atom stereocenters. The van der Waals surface area contributed by atoms with E-state index in [1.54, 1.807) is 13.2 Å². The number of nitrogens with one attached hydrogen (secondary N) is 1. The van der Waals surface area contributed by atoms with E-state index in [4.69, 9.17) is 4.74 Å². The van der Waals surface area contributed by atoms with Gasteiger partial charge in [0.1, 0.15) is 13.6 Å². The number of amides is 1. The molecule has 2 aromatic carbocycles. The van der Waals surface area contributed by atoms with Crippen molar-refractivity contribution in [2.75, 3.05) is 12.4 Å². The van der Waals surface area contributed by atoms with Crippen molar-refractivity contribution in [3.05, 3.63) is 53.1 Å². The molecule has 0 aliphatic heterocycles. The van der Waals surface area contributed by atoms with Crippen molar-refractivity contribution in [1.29, 1.82) is 0 Å². The summed E-state index contributed by atoms with van der Waals surface area (Å²) >= 11 is 0. The molecular weight excluding hydrogens is 249 g/mol. The van der Waals surface area contributed by atoms with Gasteiger partial charge in [-0.3, -0.25) is 4.79 Å². The average molecular weight is 267 g/mol. The number of rotatable bonds is 3. The van der Waals surface area contributed by atoms with E-state index in [1.807, 2.05) is 46.0 Å². The largest absolute Gasteiger partial charge is 0.497 e. The fourth-order valence-electron chi connectivity index (χ4n) is 2.27. The van der Waals surface area contributed by atoms with Crippen LogP contribution in [0.3, 0.4) is 0 Å². The SMILES string of the molecule is Bc1cc(C(=O)Nc2cc(C)cc(C)c2)ccc1OC. The summed E-state index contributed by atoms with van der Waals surface area (Å²) in [6.07, 6.45) is 0. The Hall–Kier alpha value is -2.23. The van der Waals surface area contributed by atoms with Gasteiger partial charge in [0.25, 0.3) is 5.91 Å². The molecule has 0 fully saturated rings. The first kappa shape index (κ1) is 14.2. The topological polar surface area (TPSA) is 38.3 Å². The van der Waals surface area contributed by atoms with Crippen molar-refractivity contribution in [3.63, 3.8) is 0 Å². The van der Waals surface area contributed by atoms with Crippen LogP contribution in [-0.2, 0) is 0 Å². The van der Waals surface area contributed by atoms with Gasteiger partial charge in [0.15, 0.2) is 0 Å². The normalized spacial score (nSPS) is 10.2. The molecule has 1 N–H and O–H groups in total. The molecule has 4 heteroatoms. The van der Waals surface area contributed by atoms with Crippen molar-refractivity contribution in [2.24, 2.45) is 0 Å². The first-order valence-electron chi connectivity index (χ1n) is 6.54. The fourth-order valence-corrected chi connectivity index (χ4v) is 2.27. The number of benzene rings is 2. The Bertz CT molecular complexity index is 633. The molecule has 0 aromatic heterocycles. The standard InChI is InChI=1S/C16H18BNO2/c1-10-6-11(2)8-13(7-10)18-16(19)12-4-5-15(20-3)14(17)9-12/h4-9H,17H2,1-3H3,(H,18,19). The summed E-state index contributed by atoms with van der Waals surface area (Å²) in [7, 11) is 3.55. The lowest BCUT2D eigenvalue weighted by atomic mass is 9.93. The molecule has 1 amide bonds. The van der Waals surface area contributed by atoms with Gasteiger partial charge in [-0.25, -0.2) is 0 Å². The van der Waals surface area contributed by atoms with Crippen LogP contribution in [0.15, 0.2) is 36.4 Å². The Kier molecular flexibility index (Phi) is 4.13. The van der Waals surface area contributed by atoms with Crippen molar-refractivity contribution < 1.29 is 9.53 Å². The van der Waals surface area contributed by atoms with Crippen LogP contribution in [0.2, 0.25) is 0 Å². The van der Waals surface area contributed by atoms with E-state index >= 15 is 0 Å². The predicted octanol–water partition coefficient (Wildman–Crippen LogP) is 1.82. The Morgan fingerprint density at radius 3 is 2.30 bits per heavy atom. The zero-order valence-electron chi connectivity index (χ0n) is 12.3. The van der Waals surface area contributed by atoms with E-state index in [0.717, 1.165) is 28.0 Å². The minimum Gasteiger partial charge on any atom is -0.497 e. The summed E-state index contributed by atoms with van der Waals surface area (Å²) in [6.45, 7) is 4.03. The second-order valence-electron chi connectivity index (χ2n) is 5.01. The lowest BCUT2D eigenvalue weighted by Gasteiger charge is -2.10. The Morgan fingerprint density at radius 2 is 1.75 bits per heavy atom. The highest BCUT2D eigenvalue weighted by Gasteiger charge is 2.08. The Morgan fingerprint density at radius 1 is 1.10 bits per heavy atom. The molecular formula is C16H18BNO2. The lowest BCUT2D eigenvalue weighted by Crippen LogP contribution is -2.16. The molecule has 0 aliphatic rings. The Labute approximate surface area is 120 Å². The monoisotopic (exact) mass is 267 g/mol. The molecule has 3 nitrogen and oxygen atoms in total. The van der Waals surface area contributed by atoms with E-state index in [-0.39, 0.29) is 5.91 Å². The number of methoxy groups -OCH3 is 1. The third-order valence-electron chi connectivity index (χ3n) is 3.14. The van der Waals surface area contributed by atoms with Crippen LogP contribution in [-0.4, -0.2) is 20.9 Å². The molecule has 0 unspecified atom stereocenters. The summed E-state index contributed by atoms with van der Waals surface area (Å²) in [4.78, 5) is 12.2. The predicted molar refractivity (Wildman–Crippen MR) is 85.0 cm³/mol. The van der Waals surface area contributed by atoms with E-state index in [1.165, 1.54) is 0 Å². The highest BCUT2D eigenvalue weighted by Crippen LogP contribution is 2.15. The molecule has 0 aliphatic carbocycles. The number of aryl methyl sites for hydroxylation is 2. The lowest BCUT2D eigenvalue weighted by molar-refractivity contribution is 0.102. The smallest absolute Gasteiger partial charge is 0.255 e. The van der Waals surface area contributed by atoms with Crippen LogP contribution in [0, 0.1) is 13.8 Å². The molecule has 0 saturated carbocycles. The zero-order chi connectivity index (χ0) is 14.7. The van der Waals surface area contributed by atoms with E-state index < -0.39 is 0 Å². The number of anilines is 1. The Balaban J connectivity index is 2.21. The molecule has 102 valence electrons.